The zero-order valence-corrected chi connectivity index (χ0v) is 14.6. The van der Waals surface area contributed by atoms with Gasteiger partial charge in [0.15, 0.2) is 0 Å². The number of piperidine rings is 1. The zero-order chi connectivity index (χ0) is 18.1. The fourth-order valence-corrected chi connectivity index (χ4v) is 3.18. The number of furan rings is 1. The number of aromatic nitrogens is 2. The summed E-state index contributed by atoms with van der Waals surface area (Å²) in [6.07, 6.45) is 2.47. The number of carbonyl (C=O) groups excluding carboxylic acids is 2. The molecule has 0 unspecified atom stereocenters. The highest BCUT2D eigenvalue weighted by molar-refractivity contribution is 6.06. The maximum atomic E-state index is 12.9. The number of aryl methyl sites for hydroxylation is 2. The second-order valence-corrected chi connectivity index (χ2v) is 6.19. The molecule has 8 heteroatoms. The molecule has 3 rings (SSSR count). The maximum absolute atomic E-state index is 12.9. The van der Waals surface area contributed by atoms with Gasteiger partial charge in [0.25, 0.3) is 11.5 Å². The van der Waals surface area contributed by atoms with Gasteiger partial charge in [0.2, 0.25) is 5.71 Å². The van der Waals surface area contributed by atoms with Crippen molar-refractivity contribution in [1.29, 1.82) is 0 Å². The Kier molecular flexibility index (Phi) is 4.61. The number of hydrogen-bond donors (Lipinski definition) is 0. The molecule has 0 atom stereocenters. The van der Waals surface area contributed by atoms with Crippen LogP contribution in [0.2, 0.25) is 0 Å². The molecule has 0 spiro atoms. The summed E-state index contributed by atoms with van der Waals surface area (Å²) in [6, 6.07) is 0. The lowest BCUT2D eigenvalue weighted by atomic mass is 9.96. The number of rotatable bonds is 3. The van der Waals surface area contributed by atoms with Crippen molar-refractivity contribution in [3.63, 3.8) is 0 Å². The predicted molar refractivity (Wildman–Crippen MR) is 89.2 cm³/mol. The third kappa shape index (κ3) is 3.04. The van der Waals surface area contributed by atoms with Crippen LogP contribution in [0, 0.1) is 12.8 Å². The van der Waals surface area contributed by atoms with E-state index in [-0.39, 0.29) is 40.0 Å². The van der Waals surface area contributed by atoms with Crippen LogP contribution >= 0.6 is 0 Å². The lowest BCUT2D eigenvalue weighted by Crippen LogP contribution is -2.41. The summed E-state index contributed by atoms with van der Waals surface area (Å²) in [5.74, 6) is -0.273. The van der Waals surface area contributed by atoms with Crippen LogP contribution in [0.5, 0.6) is 0 Å². The Balaban J connectivity index is 1.84. The molecule has 0 N–H and O–H groups in total. The molecule has 0 radical (unpaired) electrons. The van der Waals surface area contributed by atoms with E-state index in [0.717, 1.165) is 0 Å². The summed E-state index contributed by atoms with van der Waals surface area (Å²) in [4.78, 5) is 42.9. The van der Waals surface area contributed by atoms with E-state index in [1.54, 1.807) is 25.8 Å². The number of ether oxygens (including phenoxy) is 1. The lowest BCUT2D eigenvalue weighted by Gasteiger charge is -2.30. The van der Waals surface area contributed by atoms with E-state index >= 15 is 0 Å². The second-order valence-electron chi connectivity index (χ2n) is 6.19. The zero-order valence-electron chi connectivity index (χ0n) is 14.6. The van der Waals surface area contributed by atoms with Gasteiger partial charge >= 0.3 is 5.97 Å². The third-order valence-corrected chi connectivity index (χ3v) is 4.56. The first kappa shape index (κ1) is 17.2. The van der Waals surface area contributed by atoms with Gasteiger partial charge < -0.3 is 18.6 Å². The third-order valence-electron chi connectivity index (χ3n) is 4.56. The van der Waals surface area contributed by atoms with Gasteiger partial charge in [-0.05, 0) is 26.7 Å². The van der Waals surface area contributed by atoms with Gasteiger partial charge in [-0.1, -0.05) is 0 Å². The van der Waals surface area contributed by atoms with Crippen molar-refractivity contribution in [3.8, 4) is 0 Å². The summed E-state index contributed by atoms with van der Waals surface area (Å²) in [6.45, 7) is 4.66. The minimum Gasteiger partial charge on any atom is -0.466 e. The minimum atomic E-state index is -0.313. The normalized spacial score (nSPS) is 15.6. The Labute approximate surface area is 144 Å². The van der Waals surface area contributed by atoms with E-state index in [0.29, 0.717) is 38.3 Å². The Morgan fingerprint density at radius 2 is 2.04 bits per heavy atom. The maximum Gasteiger partial charge on any atom is 0.309 e. The van der Waals surface area contributed by atoms with Crippen LogP contribution in [0.1, 0.15) is 35.9 Å². The Morgan fingerprint density at radius 1 is 1.36 bits per heavy atom. The van der Waals surface area contributed by atoms with Gasteiger partial charge in [-0.15, -0.1) is 0 Å². The number of esters is 1. The van der Waals surface area contributed by atoms with Gasteiger partial charge in [0.1, 0.15) is 17.5 Å². The quantitative estimate of drug-likeness (QED) is 0.776. The van der Waals surface area contributed by atoms with Crippen LogP contribution in [0.15, 0.2) is 15.5 Å². The van der Waals surface area contributed by atoms with E-state index in [9.17, 15) is 14.4 Å². The highest BCUT2D eigenvalue weighted by Crippen LogP contribution is 2.25. The number of fused-ring (bicyclic) bond motifs is 1. The van der Waals surface area contributed by atoms with Crippen molar-refractivity contribution < 1.29 is 18.7 Å². The first-order valence-electron chi connectivity index (χ1n) is 8.34. The smallest absolute Gasteiger partial charge is 0.309 e. The van der Waals surface area contributed by atoms with Crippen molar-refractivity contribution >= 4 is 23.0 Å². The van der Waals surface area contributed by atoms with E-state index < -0.39 is 0 Å². The van der Waals surface area contributed by atoms with Crippen LogP contribution in [-0.4, -0.2) is 46.0 Å². The molecule has 1 aliphatic heterocycles. The number of carbonyl (C=O) groups is 2. The van der Waals surface area contributed by atoms with E-state index in [2.05, 4.69) is 4.98 Å². The molecule has 0 aromatic carbocycles. The summed E-state index contributed by atoms with van der Waals surface area (Å²) in [5, 5.41) is 0.208. The van der Waals surface area contributed by atoms with Crippen LogP contribution < -0.4 is 5.56 Å². The van der Waals surface area contributed by atoms with Crippen molar-refractivity contribution in [2.24, 2.45) is 13.0 Å². The van der Waals surface area contributed by atoms with Crippen molar-refractivity contribution in [2.75, 3.05) is 19.7 Å². The summed E-state index contributed by atoms with van der Waals surface area (Å²) in [7, 11) is 1.58. The molecule has 1 fully saturated rings. The molecular weight excluding hydrogens is 326 g/mol. The molecule has 8 nitrogen and oxygen atoms in total. The van der Waals surface area contributed by atoms with Crippen LogP contribution in [0.25, 0.3) is 11.1 Å². The highest BCUT2D eigenvalue weighted by Gasteiger charge is 2.31. The van der Waals surface area contributed by atoms with Gasteiger partial charge in [0, 0.05) is 20.1 Å². The number of hydrogen-bond acceptors (Lipinski definition) is 6. The molecule has 3 heterocycles. The van der Waals surface area contributed by atoms with E-state index in [1.165, 1.54) is 10.9 Å². The molecule has 1 saturated heterocycles. The van der Waals surface area contributed by atoms with Gasteiger partial charge in [-0.25, -0.2) is 4.98 Å². The SMILES string of the molecule is CCOC(=O)C1CCN(C(=O)c2c(C)oc3ncn(C)c(=O)c23)CC1. The van der Waals surface area contributed by atoms with Crippen molar-refractivity contribution in [2.45, 2.75) is 26.7 Å². The molecule has 134 valence electrons. The summed E-state index contributed by atoms with van der Waals surface area (Å²) >= 11 is 0. The van der Waals surface area contributed by atoms with Crippen LogP contribution in [0.3, 0.4) is 0 Å². The van der Waals surface area contributed by atoms with E-state index in [1.807, 2.05) is 0 Å². The average molecular weight is 347 g/mol. The molecule has 1 aliphatic rings. The highest BCUT2D eigenvalue weighted by atomic mass is 16.5. The topological polar surface area (TPSA) is 94.6 Å². The second kappa shape index (κ2) is 6.70. The summed E-state index contributed by atoms with van der Waals surface area (Å²) < 4.78 is 11.9. The molecular formula is C17H21N3O5. The molecule has 1 amide bonds. The van der Waals surface area contributed by atoms with E-state index in [4.69, 9.17) is 9.15 Å². The Bertz CT molecular complexity index is 874. The molecule has 25 heavy (non-hydrogen) atoms. The molecule has 0 aliphatic carbocycles. The molecule has 0 saturated carbocycles. The minimum absolute atomic E-state index is 0.172. The van der Waals surface area contributed by atoms with Crippen molar-refractivity contribution in [3.05, 3.63) is 28.0 Å². The van der Waals surface area contributed by atoms with Crippen molar-refractivity contribution in [1.82, 2.24) is 14.5 Å². The first-order valence-corrected chi connectivity index (χ1v) is 8.34. The number of nitrogens with zero attached hydrogens (tertiary/aromatic N) is 3. The van der Waals surface area contributed by atoms with Gasteiger partial charge in [-0.2, -0.15) is 0 Å². The molecule has 2 aromatic rings. The lowest BCUT2D eigenvalue weighted by molar-refractivity contribution is -0.149. The molecule has 0 bridgehead atoms. The average Bonchev–Trinajstić information content (AvgIpc) is 2.95. The Morgan fingerprint density at radius 3 is 2.68 bits per heavy atom. The standard InChI is InChI=1S/C17H21N3O5/c1-4-24-17(23)11-5-7-20(8-6-11)16(22)12-10(2)25-14-13(12)15(21)19(3)9-18-14/h9,11H,4-8H2,1-3H3. The fraction of sp³-hybridized carbons (Fsp3) is 0.529. The van der Waals surface area contributed by atoms with Gasteiger partial charge in [0.05, 0.1) is 18.1 Å². The monoisotopic (exact) mass is 347 g/mol. The number of amides is 1. The van der Waals surface area contributed by atoms with Gasteiger partial charge in [-0.3, -0.25) is 14.4 Å². The Hall–Kier alpha value is -2.64. The first-order chi connectivity index (χ1) is 11.9. The summed E-state index contributed by atoms with van der Waals surface area (Å²) in [5.41, 5.74) is 0.121. The predicted octanol–water partition coefficient (Wildman–Crippen LogP) is 1.25. The van der Waals surface area contributed by atoms with Crippen LogP contribution in [-0.2, 0) is 16.6 Å². The van der Waals surface area contributed by atoms with Crippen LogP contribution in [0.4, 0.5) is 0 Å². The molecule has 2 aromatic heterocycles. The fourth-order valence-electron chi connectivity index (χ4n) is 3.18. The number of likely N-dealkylation sites (tertiary alicyclic amines) is 1. The largest absolute Gasteiger partial charge is 0.466 e.